The molecule has 1 atom stereocenters. The number of hydrogen-bond acceptors (Lipinski definition) is 6. The molecule has 0 aliphatic carbocycles. The second-order valence-corrected chi connectivity index (χ2v) is 6.27. The van der Waals surface area contributed by atoms with Gasteiger partial charge in [-0.1, -0.05) is 18.2 Å². The topological polar surface area (TPSA) is 81.9 Å². The van der Waals surface area contributed by atoms with E-state index in [4.69, 9.17) is 13.9 Å². The van der Waals surface area contributed by atoms with Gasteiger partial charge in [-0.05, 0) is 18.2 Å². The van der Waals surface area contributed by atoms with E-state index in [9.17, 15) is 9.59 Å². The number of likely N-dealkylation sites (tertiary alicyclic amines) is 1. The van der Waals surface area contributed by atoms with Crippen LogP contribution in [0.25, 0.3) is 11.0 Å². The Labute approximate surface area is 155 Å². The van der Waals surface area contributed by atoms with Crippen LogP contribution in [-0.2, 0) is 0 Å². The van der Waals surface area contributed by atoms with E-state index in [-0.39, 0.29) is 17.6 Å². The van der Waals surface area contributed by atoms with Crippen LogP contribution in [0.2, 0.25) is 0 Å². The molecule has 27 heavy (non-hydrogen) atoms. The number of nitrogens with zero attached hydrogens (tertiary/aromatic N) is 2. The number of amides is 1. The number of ether oxygens (including phenoxy) is 2. The van der Waals surface area contributed by atoms with Crippen molar-refractivity contribution >= 4 is 16.9 Å². The van der Waals surface area contributed by atoms with Gasteiger partial charge in [-0.25, -0.2) is 9.78 Å². The van der Waals surface area contributed by atoms with Crippen LogP contribution in [-0.4, -0.2) is 42.1 Å². The highest BCUT2D eigenvalue weighted by Gasteiger charge is 2.30. The van der Waals surface area contributed by atoms with Crippen molar-refractivity contribution in [1.29, 1.82) is 0 Å². The quantitative estimate of drug-likeness (QED) is 0.660. The maximum Gasteiger partial charge on any atom is 0.349 e. The van der Waals surface area contributed by atoms with Gasteiger partial charge in [-0.15, -0.1) is 0 Å². The molecule has 0 N–H and O–H groups in total. The van der Waals surface area contributed by atoms with Crippen molar-refractivity contribution in [3.8, 4) is 11.6 Å². The minimum Gasteiger partial charge on any atom is -0.493 e. The van der Waals surface area contributed by atoms with Crippen LogP contribution in [0.5, 0.6) is 11.6 Å². The molecule has 0 bridgehead atoms. The Hall–Kier alpha value is -3.35. The van der Waals surface area contributed by atoms with Gasteiger partial charge in [0.2, 0.25) is 5.88 Å². The molecule has 1 amide bonds. The van der Waals surface area contributed by atoms with Crippen molar-refractivity contribution in [2.45, 2.75) is 12.5 Å². The summed E-state index contributed by atoms with van der Waals surface area (Å²) in [5.74, 6) is 0.614. The first-order valence-corrected chi connectivity index (χ1v) is 8.63. The summed E-state index contributed by atoms with van der Waals surface area (Å²) in [4.78, 5) is 30.9. The Kier molecular flexibility index (Phi) is 4.50. The highest BCUT2D eigenvalue weighted by molar-refractivity contribution is 5.97. The number of rotatable bonds is 4. The van der Waals surface area contributed by atoms with Gasteiger partial charge in [0, 0.05) is 30.6 Å². The zero-order valence-corrected chi connectivity index (χ0v) is 14.8. The highest BCUT2D eigenvalue weighted by Crippen LogP contribution is 2.25. The number of carbonyl (C=O) groups is 1. The number of methoxy groups -OCH3 is 1. The lowest BCUT2D eigenvalue weighted by atomic mass is 10.1. The zero-order chi connectivity index (χ0) is 18.8. The normalized spacial score (nSPS) is 16.5. The molecule has 0 radical (unpaired) electrons. The van der Waals surface area contributed by atoms with Crippen molar-refractivity contribution < 1.29 is 18.7 Å². The molecule has 0 saturated carbocycles. The zero-order valence-electron chi connectivity index (χ0n) is 14.8. The third-order valence-corrected chi connectivity index (χ3v) is 4.53. The molecule has 1 unspecified atom stereocenters. The molecule has 4 rings (SSSR count). The Bertz CT molecular complexity index is 1030. The molecule has 1 aliphatic rings. The molecule has 1 aliphatic heterocycles. The fraction of sp³-hybridized carbons (Fsp3) is 0.250. The number of benzene rings is 1. The van der Waals surface area contributed by atoms with Gasteiger partial charge in [0.25, 0.3) is 5.91 Å². The summed E-state index contributed by atoms with van der Waals surface area (Å²) in [5, 5.41) is 0.637. The van der Waals surface area contributed by atoms with Crippen LogP contribution >= 0.6 is 0 Å². The number of aromatic nitrogens is 1. The molecule has 7 nitrogen and oxygen atoms in total. The average molecular weight is 366 g/mol. The minimum absolute atomic E-state index is 0.00855. The lowest BCUT2D eigenvalue weighted by molar-refractivity contribution is 0.0767. The second-order valence-electron chi connectivity index (χ2n) is 6.27. The van der Waals surface area contributed by atoms with Gasteiger partial charge in [-0.2, -0.15) is 0 Å². The lowest BCUT2D eigenvalue weighted by Crippen LogP contribution is -2.33. The predicted molar refractivity (Wildman–Crippen MR) is 98.2 cm³/mol. The van der Waals surface area contributed by atoms with E-state index >= 15 is 0 Å². The van der Waals surface area contributed by atoms with Crippen molar-refractivity contribution in [2.24, 2.45) is 0 Å². The molecule has 1 aromatic carbocycles. The van der Waals surface area contributed by atoms with E-state index in [0.717, 1.165) is 0 Å². The van der Waals surface area contributed by atoms with Gasteiger partial charge in [0.15, 0.2) is 11.3 Å². The maximum absolute atomic E-state index is 12.8. The molecular formula is C20H18N2O5. The standard InChI is InChI=1S/C20H18N2O5/c1-25-16-6-4-5-13-11-15(20(24)27-18(13)16)19(23)22-10-8-14(12-22)26-17-7-2-3-9-21-17/h2-7,9,11,14H,8,10,12H2,1H3. The second kappa shape index (κ2) is 7.11. The van der Waals surface area contributed by atoms with E-state index < -0.39 is 5.63 Å². The molecule has 7 heteroatoms. The maximum atomic E-state index is 12.8. The van der Waals surface area contributed by atoms with E-state index in [1.807, 2.05) is 12.1 Å². The third-order valence-electron chi connectivity index (χ3n) is 4.53. The Morgan fingerprint density at radius 2 is 2.15 bits per heavy atom. The van der Waals surface area contributed by atoms with Crippen LogP contribution in [0.15, 0.2) is 57.9 Å². The Morgan fingerprint density at radius 3 is 2.93 bits per heavy atom. The first kappa shape index (κ1) is 17.1. The van der Waals surface area contributed by atoms with E-state index in [0.29, 0.717) is 42.1 Å². The Morgan fingerprint density at radius 1 is 1.26 bits per heavy atom. The van der Waals surface area contributed by atoms with E-state index in [1.54, 1.807) is 41.4 Å². The highest BCUT2D eigenvalue weighted by atomic mass is 16.5. The summed E-state index contributed by atoms with van der Waals surface area (Å²) in [6, 6.07) is 12.2. The molecule has 138 valence electrons. The average Bonchev–Trinajstić information content (AvgIpc) is 3.15. The van der Waals surface area contributed by atoms with Crippen LogP contribution in [0.1, 0.15) is 16.8 Å². The first-order valence-electron chi connectivity index (χ1n) is 8.63. The summed E-state index contributed by atoms with van der Waals surface area (Å²) in [7, 11) is 1.50. The van der Waals surface area contributed by atoms with Crippen molar-refractivity contribution in [3.05, 3.63) is 64.6 Å². The number of para-hydroxylation sites is 1. The van der Waals surface area contributed by atoms with Gasteiger partial charge in [-0.3, -0.25) is 4.79 Å². The smallest absolute Gasteiger partial charge is 0.349 e. The van der Waals surface area contributed by atoms with Gasteiger partial charge < -0.3 is 18.8 Å². The summed E-state index contributed by atoms with van der Waals surface area (Å²) in [5.41, 5.74) is -0.334. The van der Waals surface area contributed by atoms with Gasteiger partial charge in [0.1, 0.15) is 11.7 Å². The largest absolute Gasteiger partial charge is 0.493 e. The SMILES string of the molecule is COc1cccc2cc(C(=O)N3CCC(Oc4ccccn4)C3)c(=O)oc12. The fourth-order valence-electron chi connectivity index (χ4n) is 3.19. The monoisotopic (exact) mass is 366 g/mol. The number of hydrogen-bond donors (Lipinski definition) is 0. The molecular weight excluding hydrogens is 348 g/mol. The summed E-state index contributed by atoms with van der Waals surface area (Å²) >= 11 is 0. The van der Waals surface area contributed by atoms with Crippen molar-refractivity contribution in [3.63, 3.8) is 0 Å². The Balaban J connectivity index is 1.55. The summed E-state index contributed by atoms with van der Waals surface area (Å²) in [6.45, 7) is 0.900. The molecule has 1 fully saturated rings. The van der Waals surface area contributed by atoms with Crippen LogP contribution in [0, 0.1) is 0 Å². The fourth-order valence-corrected chi connectivity index (χ4v) is 3.19. The van der Waals surface area contributed by atoms with Crippen molar-refractivity contribution in [2.75, 3.05) is 20.2 Å². The first-order chi connectivity index (χ1) is 13.2. The molecule has 3 aromatic rings. The number of carbonyl (C=O) groups excluding carboxylic acids is 1. The number of pyridine rings is 1. The number of fused-ring (bicyclic) bond motifs is 1. The molecule has 3 heterocycles. The van der Waals surface area contributed by atoms with E-state index in [1.165, 1.54) is 7.11 Å². The summed E-state index contributed by atoms with van der Waals surface area (Å²) in [6.07, 6.45) is 2.17. The van der Waals surface area contributed by atoms with E-state index in [2.05, 4.69) is 4.98 Å². The predicted octanol–water partition coefficient (Wildman–Crippen LogP) is 2.49. The van der Waals surface area contributed by atoms with Crippen LogP contribution < -0.4 is 15.1 Å². The van der Waals surface area contributed by atoms with Crippen LogP contribution in [0.3, 0.4) is 0 Å². The van der Waals surface area contributed by atoms with Gasteiger partial charge in [0.05, 0.1) is 13.7 Å². The van der Waals surface area contributed by atoms with Gasteiger partial charge >= 0.3 is 5.63 Å². The third kappa shape index (κ3) is 3.36. The lowest BCUT2D eigenvalue weighted by Gasteiger charge is -2.16. The molecule has 1 saturated heterocycles. The minimum atomic E-state index is -0.675. The summed E-state index contributed by atoms with van der Waals surface area (Å²) < 4.78 is 16.4. The molecule has 2 aromatic heterocycles. The molecule has 0 spiro atoms. The van der Waals surface area contributed by atoms with Crippen molar-refractivity contribution in [1.82, 2.24) is 9.88 Å². The van der Waals surface area contributed by atoms with Crippen LogP contribution in [0.4, 0.5) is 0 Å².